The summed E-state index contributed by atoms with van der Waals surface area (Å²) in [6, 6.07) is 0. The van der Waals surface area contributed by atoms with E-state index < -0.39 is 0 Å². The van der Waals surface area contributed by atoms with Gasteiger partial charge in [-0.3, -0.25) is 0 Å². The van der Waals surface area contributed by atoms with Crippen LogP contribution in [0.3, 0.4) is 0 Å². The molecule has 0 aromatic rings. The molecule has 0 saturated carbocycles. The van der Waals surface area contributed by atoms with Crippen LogP contribution in [-0.4, -0.2) is 50.8 Å². The van der Waals surface area contributed by atoms with E-state index in [1.54, 1.807) is 0 Å². The van der Waals surface area contributed by atoms with Gasteiger partial charge in [0, 0.05) is 26.2 Å². The van der Waals surface area contributed by atoms with Crippen LogP contribution in [0.25, 0.3) is 0 Å². The maximum Gasteiger partial charge on any atom is 0.0507 e. The maximum atomic E-state index is 5.39. The number of rotatable bonds is 6. The number of nitrogens with one attached hydrogen (secondary N) is 1. The molecular weight excluding hydrogens is 224 g/mol. The third-order valence-corrected chi connectivity index (χ3v) is 4.58. The first-order chi connectivity index (χ1) is 8.88. The van der Waals surface area contributed by atoms with E-state index in [9.17, 15) is 0 Å². The monoisotopic (exact) mass is 254 g/mol. The molecule has 3 nitrogen and oxygen atoms in total. The molecule has 0 aromatic carbocycles. The van der Waals surface area contributed by atoms with Crippen molar-refractivity contribution in [2.24, 2.45) is 11.8 Å². The lowest BCUT2D eigenvalue weighted by Gasteiger charge is -2.20. The molecule has 2 atom stereocenters. The summed E-state index contributed by atoms with van der Waals surface area (Å²) in [7, 11) is 0. The fourth-order valence-corrected chi connectivity index (χ4v) is 3.14. The van der Waals surface area contributed by atoms with E-state index in [0.29, 0.717) is 0 Å². The van der Waals surface area contributed by atoms with Gasteiger partial charge in [0.15, 0.2) is 0 Å². The van der Waals surface area contributed by atoms with Gasteiger partial charge in [0.25, 0.3) is 0 Å². The van der Waals surface area contributed by atoms with E-state index in [1.807, 2.05) is 0 Å². The highest BCUT2D eigenvalue weighted by molar-refractivity contribution is 4.71. The van der Waals surface area contributed by atoms with Crippen molar-refractivity contribution in [2.45, 2.75) is 39.0 Å². The minimum Gasteiger partial charge on any atom is -0.381 e. The molecule has 2 aliphatic heterocycles. The molecule has 0 aromatic heterocycles. The van der Waals surface area contributed by atoms with Crippen LogP contribution in [0.2, 0.25) is 0 Å². The van der Waals surface area contributed by atoms with E-state index in [-0.39, 0.29) is 0 Å². The van der Waals surface area contributed by atoms with Crippen LogP contribution in [-0.2, 0) is 4.74 Å². The predicted octanol–water partition coefficient (Wildman–Crippen LogP) is 2.12. The first kappa shape index (κ1) is 14.3. The Balaban J connectivity index is 1.53. The third kappa shape index (κ3) is 4.87. The molecule has 2 rings (SSSR count). The number of hydrogen-bond donors (Lipinski definition) is 1. The van der Waals surface area contributed by atoms with Gasteiger partial charge in [-0.25, -0.2) is 0 Å². The smallest absolute Gasteiger partial charge is 0.0507 e. The number of hydrogen-bond acceptors (Lipinski definition) is 3. The Morgan fingerprint density at radius 2 is 2.11 bits per heavy atom. The Labute approximate surface area is 112 Å². The van der Waals surface area contributed by atoms with Crippen molar-refractivity contribution in [1.29, 1.82) is 0 Å². The first-order valence-electron chi connectivity index (χ1n) is 7.89. The van der Waals surface area contributed by atoms with Crippen LogP contribution in [0.15, 0.2) is 0 Å². The Bertz CT molecular complexity index is 217. The van der Waals surface area contributed by atoms with Gasteiger partial charge in [0.05, 0.1) is 6.61 Å². The predicted molar refractivity (Wildman–Crippen MR) is 75.9 cm³/mol. The highest BCUT2D eigenvalue weighted by atomic mass is 16.5. The largest absolute Gasteiger partial charge is 0.381 e. The van der Waals surface area contributed by atoms with Crippen molar-refractivity contribution < 1.29 is 4.74 Å². The van der Waals surface area contributed by atoms with E-state index in [0.717, 1.165) is 38.1 Å². The summed E-state index contributed by atoms with van der Waals surface area (Å²) in [5, 5.41) is 3.60. The molecule has 2 aliphatic rings. The first-order valence-corrected chi connectivity index (χ1v) is 7.89. The van der Waals surface area contributed by atoms with Crippen LogP contribution in [0.1, 0.15) is 39.0 Å². The molecule has 0 radical (unpaired) electrons. The summed E-state index contributed by atoms with van der Waals surface area (Å²) in [4.78, 5) is 2.65. The van der Waals surface area contributed by atoms with E-state index >= 15 is 0 Å². The Hall–Kier alpha value is -0.120. The van der Waals surface area contributed by atoms with Crippen molar-refractivity contribution in [3.8, 4) is 0 Å². The van der Waals surface area contributed by atoms with Gasteiger partial charge < -0.3 is 15.0 Å². The summed E-state index contributed by atoms with van der Waals surface area (Å²) in [5.74, 6) is 1.75. The van der Waals surface area contributed by atoms with Crippen molar-refractivity contribution in [1.82, 2.24) is 10.2 Å². The average Bonchev–Trinajstić information content (AvgIpc) is 2.80. The zero-order valence-electron chi connectivity index (χ0n) is 12.0. The van der Waals surface area contributed by atoms with E-state index in [2.05, 4.69) is 17.1 Å². The third-order valence-electron chi connectivity index (χ3n) is 4.58. The highest BCUT2D eigenvalue weighted by Gasteiger charge is 2.16. The van der Waals surface area contributed by atoms with Crippen LogP contribution >= 0.6 is 0 Å². The van der Waals surface area contributed by atoms with Crippen LogP contribution in [0.5, 0.6) is 0 Å². The quantitative estimate of drug-likeness (QED) is 0.735. The van der Waals surface area contributed by atoms with Gasteiger partial charge in [-0.05, 0) is 50.6 Å². The average molecular weight is 254 g/mol. The number of ether oxygens (including phenoxy) is 1. The van der Waals surface area contributed by atoms with Crippen LogP contribution in [0.4, 0.5) is 0 Å². The fraction of sp³-hybridized carbons (Fsp3) is 1.00. The lowest BCUT2D eigenvalue weighted by Crippen LogP contribution is -2.34. The van der Waals surface area contributed by atoms with Gasteiger partial charge in [0.2, 0.25) is 0 Å². The second-order valence-corrected chi connectivity index (χ2v) is 5.98. The molecule has 18 heavy (non-hydrogen) atoms. The Kier molecular flexibility index (Phi) is 6.46. The SMILES string of the molecule is CCC1CCCN(CCNCC2CCOC2)CC1. The zero-order chi connectivity index (χ0) is 12.6. The van der Waals surface area contributed by atoms with Gasteiger partial charge in [-0.2, -0.15) is 0 Å². The fourth-order valence-electron chi connectivity index (χ4n) is 3.14. The molecule has 0 aliphatic carbocycles. The molecule has 2 saturated heterocycles. The lowest BCUT2D eigenvalue weighted by molar-refractivity contribution is 0.185. The van der Waals surface area contributed by atoms with Crippen LogP contribution in [0, 0.1) is 11.8 Å². The summed E-state index contributed by atoms with van der Waals surface area (Å²) in [5.41, 5.74) is 0. The molecule has 2 heterocycles. The van der Waals surface area contributed by atoms with Gasteiger partial charge in [-0.1, -0.05) is 13.3 Å². The highest BCUT2D eigenvalue weighted by Crippen LogP contribution is 2.19. The summed E-state index contributed by atoms with van der Waals surface area (Å²) in [6.45, 7) is 10.4. The normalized spacial score (nSPS) is 30.5. The van der Waals surface area contributed by atoms with E-state index in [1.165, 1.54) is 51.7 Å². The Morgan fingerprint density at radius 1 is 1.17 bits per heavy atom. The van der Waals surface area contributed by atoms with E-state index in [4.69, 9.17) is 4.74 Å². The van der Waals surface area contributed by atoms with Gasteiger partial charge in [-0.15, -0.1) is 0 Å². The standard InChI is InChI=1S/C15H30N2O/c1-2-14-4-3-8-17(9-5-14)10-7-16-12-15-6-11-18-13-15/h14-16H,2-13H2,1H3. The second-order valence-electron chi connectivity index (χ2n) is 5.98. The van der Waals surface area contributed by atoms with Crippen molar-refractivity contribution >= 4 is 0 Å². The molecule has 0 bridgehead atoms. The molecular formula is C15H30N2O. The zero-order valence-corrected chi connectivity index (χ0v) is 12.0. The number of likely N-dealkylation sites (tertiary alicyclic amines) is 1. The molecule has 0 spiro atoms. The maximum absolute atomic E-state index is 5.39. The minimum absolute atomic E-state index is 0.763. The van der Waals surface area contributed by atoms with Crippen LogP contribution < -0.4 is 5.32 Å². The van der Waals surface area contributed by atoms with Crippen molar-refractivity contribution in [3.05, 3.63) is 0 Å². The Morgan fingerprint density at radius 3 is 2.89 bits per heavy atom. The number of nitrogens with zero attached hydrogens (tertiary/aromatic N) is 1. The topological polar surface area (TPSA) is 24.5 Å². The minimum atomic E-state index is 0.763. The van der Waals surface area contributed by atoms with Crippen molar-refractivity contribution in [3.63, 3.8) is 0 Å². The van der Waals surface area contributed by atoms with Crippen molar-refractivity contribution in [2.75, 3.05) is 45.9 Å². The molecule has 2 unspecified atom stereocenters. The summed E-state index contributed by atoms with van der Waals surface area (Å²) in [6.07, 6.45) is 6.87. The lowest BCUT2D eigenvalue weighted by atomic mass is 9.98. The second kappa shape index (κ2) is 8.13. The summed E-state index contributed by atoms with van der Waals surface area (Å²) < 4.78 is 5.39. The summed E-state index contributed by atoms with van der Waals surface area (Å²) >= 11 is 0. The molecule has 106 valence electrons. The van der Waals surface area contributed by atoms with Gasteiger partial charge in [0.1, 0.15) is 0 Å². The molecule has 1 N–H and O–H groups in total. The molecule has 3 heteroatoms. The molecule has 2 fully saturated rings. The molecule has 0 amide bonds. The van der Waals surface area contributed by atoms with Gasteiger partial charge >= 0.3 is 0 Å².